The summed E-state index contributed by atoms with van der Waals surface area (Å²) < 4.78 is 0. The van der Waals surface area contributed by atoms with Crippen molar-refractivity contribution in [3.05, 3.63) is 0 Å². The van der Waals surface area contributed by atoms with Crippen molar-refractivity contribution < 1.29 is 4.79 Å². The van der Waals surface area contributed by atoms with Crippen LogP contribution < -0.4 is 5.73 Å². The Morgan fingerprint density at radius 1 is 1.35 bits per heavy atom. The van der Waals surface area contributed by atoms with Crippen molar-refractivity contribution >= 4 is 5.91 Å². The quantitative estimate of drug-likeness (QED) is 0.818. The van der Waals surface area contributed by atoms with E-state index in [2.05, 4.69) is 27.7 Å². The average Bonchev–Trinajstić information content (AvgIpc) is 2.28. The Hall–Kier alpha value is -0.570. The van der Waals surface area contributed by atoms with E-state index < -0.39 is 0 Å². The van der Waals surface area contributed by atoms with E-state index in [1.807, 2.05) is 4.90 Å². The van der Waals surface area contributed by atoms with Crippen LogP contribution in [0.15, 0.2) is 0 Å². The van der Waals surface area contributed by atoms with E-state index in [-0.39, 0.29) is 11.8 Å². The number of amides is 1. The molecule has 0 aromatic heterocycles. The minimum atomic E-state index is 0.0237. The van der Waals surface area contributed by atoms with Gasteiger partial charge in [-0.3, -0.25) is 4.79 Å². The maximum absolute atomic E-state index is 12.4. The SMILES string of the molecule is CC(C)CC(CN)C(=O)N1CCC(C)C(C)C1. The van der Waals surface area contributed by atoms with Gasteiger partial charge in [-0.15, -0.1) is 0 Å². The molecule has 0 spiro atoms. The lowest BCUT2D eigenvalue weighted by atomic mass is 9.87. The van der Waals surface area contributed by atoms with Gasteiger partial charge >= 0.3 is 0 Å². The molecule has 1 amide bonds. The van der Waals surface area contributed by atoms with Crippen molar-refractivity contribution in [2.45, 2.75) is 40.5 Å². The molecule has 3 heteroatoms. The summed E-state index contributed by atoms with van der Waals surface area (Å²) in [6.07, 6.45) is 2.04. The number of piperidine rings is 1. The Balaban J connectivity index is 2.56. The predicted molar refractivity (Wildman–Crippen MR) is 71.5 cm³/mol. The molecule has 1 fully saturated rings. The topological polar surface area (TPSA) is 46.3 Å². The van der Waals surface area contributed by atoms with Crippen molar-refractivity contribution in [1.29, 1.82) is 0 Å². The summed E-state index contributed by atoms with van der Waals surface area (Å²) in [6, 6.07) is 0. The minimum Gasteiger partial charge on any atom is -0.342 e. The van der Waals surface area contributed by atoms with Crippen LogP contribution in [0.3, 0.4) is 0 Å². The van der Waals surface area contributed by atoms with Crippen molar-refractivity contribution in [2.75, 3.05) is 19.6 Å². The maximum Gasteiger partial charge on any atom is 0.226 e. The molecule has 100 valence electrons. The minimum absolute atomic E-state index is 0.0237. The monoisotopic (exact) mass is 240 g/mol. The smallest absolute Gasteiger partial charge is 0.226 e. The number of nitrogens with two attached hydrogens (primary N) is 1. The molecule has 2 N–H and O–H groups in total. The van der Waals surface area contributed by atoms with Crippen molar-refractivity contribution in [3.8, 4) is 0 Å². The second-order valence-corrected chi connectivity index (χ2v) is 6.09. The fourth-order valence-electron chi connectivity index (χ4n) is 2.59. The molecule has 3 atom stereocenters. The average molecular weight is 240 g/mol. The van der Waals surface area contributed by atoms with Crippen molar-refractivity contribution in [3.63, 3.8) is 0 Å². The van der Waals surface area contributed by atoms with Gasteiger partial charge in [0, 0.05) is 19.6 Å². The zero-order valence-corrected chi connectivity index (χ0v) is 11.8. The van der Waals surface area contributed by atoms with Crippen molar-refractivity contribution in [2.24, 2.45) is 29.4 Å². The maximum atomic E-state index is 12.4. The summed E-state index contributed by atoms with van der Waals surface area (Å²) in [7, 11) is 0. The third-order valence-electron chi connectivity index (χ3n) is 4.04. The lowest BCUT2D eigenvalue weighted by Gasteiger charge is -2.37. The van der Waals surface area contributed by atoms with E-state index in [1.54, 1.807) is 0 Å². The fraction of sp³-hybridized carbons (Fsp3) is 0.929. The summed E-state index contributed by atoms with van der Waals surface area (Å²) in [5, 5.41) is 0. The molecule has 0 aromatic carbocycles. The van der Waals surface area contributed by atoms with E-state index in [1.165, 1.54) is 0 Å². The van der Waals surface area contributed by atoms with Gasteiger partial charge in [0.25, 0.3) is 0 Å². The molecule has 3 unspecified atom stereocenters. The van der Waals surface area contributed by atoms with E-state index in [0.717, 1.165) is 31.8 Å². The number of nitrogens with zero attached hydrogens (tertiary/aromatic N) is 1. The van der Waals surface area contributed by atoms with Gasteiger partial charge in [0.05, 0.1) is 5.92 Å². The lowest BCUT2D eigenvalue weighted by Crippen LogP contribution is -2.46. The third-order valence-corrected chi connectivity index (χ3v) is 4.04. The highest BCUT2D eigenvalue weighted by molar-refractivity contribution is 5.79. The van der Waals surface area contributed by atoms with Crippen LogP contribution in [-0.4, -0.2) is 30.4 Å². The summed E-state index contributed by atoms with van der Waals surface area (Å²) in [5.41, 5.74) is 5.74. The van der Waals surface area contributed by atoms with Crippen LogP contribution in [0.5, 0.6) is 0 Å². The Morgan fingerprint density at radius 2 is 2.00 bits per heavy atom. The summed E-state index contributed by atoms with van der Waals surface area (Å²) >= 11 is 0. The third kappa shape index (κ3) is 3.98. The fourth-order valence-corrected chi connectivity index (χ4v) is 2.59. The Labute approximate surface area is 106 Å². The molecule has 3 nitrogen and oxygen atoms in total. The summed E-state index contributed by atoms with van der Waals surface area (Å²) in [4.78, 5) is 14.4. The highest BCUT2D eigenvalue weighted by Crippen LogP contribution is 2.24. The van der Waals surface area contributed by atoms with Crippen LogP contribution in [0.2, 0.25) is 0 Å². The summed E-state index contributed by atoms with van der Waals surface area (Å²) in [6.45, 7) is 11.1. The molecule has 1 rings (SSSR count). The highest BCUT2D eigenvalue weighted by Gasteiger charge is 2.29. The second-order valence-electron chi connectivity index (χ2n) is 6.09. The van der Waals surface area contributed by atoms with E-state index in [9.17, 15) is 4.79 Å². The number of rotatable bonds is 4. The highest BCUT2D eigenvalue weighted by atomic mass is 16.2. The van der Waals surface area contributed by atoms with Gasteiger partial charge in [-0.1, -0.05) is 27.7 Å². The molecule has 0 aromatic rings. The predicted octanol–water partition coefficient (Wildman–Crippen LogP) is 2.11. The number of hydrogen-bond donors (Lipinski definition) is 1. The van der Waals surface area contributed by atoms with Crippen LogP contribution in [0.1, 0.15) is 40.5 Å². The van der Waals surface area contributed by atoms with Gasteiger partial charge in [-0.05, 0) is 30.6 Å². The largest absolute Gasteiger partial charge is 0.342 e. The summed E-state index contributed by atoms with van der Waals surface area (Å²) in [5.74, 6) is 2.19. The molecule has 1 heterocycles. The Bertz CT molecular complexity index is 253. The van der Waals surface area contributed by atoms with E-state index >= 15 is 0 Å². The second kappa shape index (κ2) is 6.39. The van der Waals surface area contributed by atoms with Crippen LogP contribution in [0, 0.1) is 23.7 Å². The first-order valence-corrected chi connectivity index (χ1v) is 6.94. The molecule has 0 saturated carbocycles. The van der Waals surface area contributed by atoms with Gasteiger partial charge in [0.1, 0.15) is 0 Å². The van der Waals surface area contributed by atoms with Crippen LogP contribution in [-0.2, 0) is 4.79 Å². The molecule has 1 saturated heterocycles. The molecule has 0 aliphatic carbocycles. The first-order chi connectivity index (χ1) is 7.95. The number of likely N-dealkylation sites (tertiary alicyclic amines) is 1. The van der Waals surface area contributed by atoms with Gasteiger partial charge in [-0.25, -0.2) is 0 Å². The molecule has 17 heavy (non-hydrogen) atoms. The first kappa shape index (κ1) is 14.5. The van der Waals surface area contributed by atoms with Gasteiger partial charge in [0.2, 0.25) is 5.91 Å². The zero-order valence-electron chi connectivity index (χ0n) is 11.8. The molecule has 0 radical (unpaired) electrons. The van der Waals surface area contributed by atoms with Crippen LogP contribution in [0.4, 0.5) is 0 Å². The molecular weight excluding hydrogens is 212 g/mol. The Kier molecular flexibility index (Phi) is 5.44. The van der Waals surface area contributed by atoms with Crippen LogP contribution >= 0.6 is 0 Å². The molecule has 1 aliphatic rings. The van der Waals surface area contributed by atoms with Gasteiger partial charge in [-0.2, -0.15) is 0 Å². The van der Waals surface area contributed by atoms with Gasteiger partial charge in [0.15, 0.2) is 0 Å². The molecule has 0 bridgehead atoms. The standard InChI is InChI=1S/C14H28N2O/c1-10(2)7-13(8-15)14(17)16-6-5-11(3)12(4)9-16/h10-13H,5-9,15H2,1-4H3. The first-order valence-electron chi connectivity index (χ1n) is 6.94. The lowest BCUT2D eigenvalue weighted by molar-refractivity contribution is -0.138. The van der Waals surface area contributed by atoms with Crippen LogP contribution in [0.25, 0.3) is 0 Å². The van der Waals surface area contributed by atoms with E-state index in [0.29, 0.717) is 18.4 Å². The number of hydrogen-bond acceptors (Lipinski definition) is 2. The molecule has 1 aliphatic heterocycles. The zero-order chi connectivity index (χ0) is 13.0. The van der Waals surface area contributed by atoms with Gasteiger partial charge < -0.3 is 10.6 Å². The van der Waals surface area contributed by atoms with Crippen molar-refractivity contribution in [1.82, 2.24) is 4.90 Å². The Morgan fingerprint density at radius 3 is 2.47 bits per heavy atom. The normalized spacial score (nSPS) is 27.3. The van der Waals surface area contributed by atoms with E-state index in [4.69, 9.17) is 5.73 Å². The molecular formula is C14H28N2O. The number of carbonyl (C=O) groups is 1. The number of carbonyl (C=O) groups excluding carboxylic acids is 1.